The van der Waals surface area contributed by atoms with Crippen LogP contribution in [0.3, 0.4) is 0 Å². The maximum Gasteiger partial charge on any atom is 0.0764 e. The Morgan fingerprint density at radius 2 is 2.55 bits per heavy atom. The van der Waals surface area contributed by atoms with Crippen LogP contribution in [-0.4, -0.2) is 22.5 Å². The summed E-state index contributed by atoms with van der Waals surface area (Å²) in [6.45, 7) is 2.22. The average Bonchev–Trinajstić information content (AvgIpc) is 2.15. The maximum atomic E-state index is 5.16. The normalized spacial score (nSPS) is 25.9. The molecule has 0 aromatic rings. The summed E-state index contributed by atoms with van der Waals surface area (Å²) in [7, 11) is 0. The lowest BCUT2D eigenvalue weighted by Crippen LogP contribution is -2.33. The third-order valence-electron chi connectivity index (χ3n) is 1.79. The molecule has 0 aliphatic carbocycles. The van der Waals surface area contributed by atoms with Crippen LogP contribution >= 0.6 is 24.0 Å². The smallest absolute Gasteiger partial charge is 0.0764 e. The Morgan fingerprint density at radius 3 is 3.27 bits per heavy atom. The van der Waals surface area contributed by atoms with Gasteiger partial charge in [0.1, 0.15) is 0 Å². The number of rotatable bonds is 2. The van der Waals surface area contributed by atoms with Crippen molar-refractivity contribution in [2.75, 3.05) is 11.5 Å². The molecule has 1 aliphatic heterocycles. The van der Waals surface area contributed by atoms with Gasteiger partial charge in [0, 0.05) is 18.2 Å². The van der Waals surface area contributed by atoms with E-state index in [0.29, 0.717) is 6.04 Å². The van der Waals surface area contributed by atoms with Crippen LogP contribution in [-0.2, 0) is 0 Å². The van der Waals surface area contributed by atoms with Gasteiger partial charge >= 0.3 is 0 Å². The lowest BCUT2D eigenvalue weighted by Gasteiger charge is -2.14. The molecule has 0 aromatic heterocycles. The van der Waals surface area contributed by atoms with Crippen molar-refractivity contribution in [1.29, 1.82) is 0 Å². The molecule has 1 fully saturated rings. The van der Waals surface area contributed by atoms with E-state index in [9.17, 15) is 0 Å². The molecule has 11 heavy (non-hydrogen) atoms. The standard InChI is InChI=1S/C8H15NS2/c1-2-3-7-6-11-5-4-8(10)9-7/h7H,2-6H2,1H3,(H,9,10)/t7-/m1/s1. The Morgan fingerprint density at radius 1 is 1.73 bits per heavy atom. The topological polar surface area (TPSA) is 12.0 Å². The van der Waals surface area contributed by atoms with Crippen LogP contribution in [0.4, 0.5) is 0 Å². The first-order valence-corrected chi connectivity index (χ1v) is 5.76. The molecule has 1 N–H and O–H groups in total. The van der Waals surface area contributed by atoms with E-state index in [1.54, 1.807) is 0 Å². The van der Waals surface area contributed by atoms with E-state index < -0.39 is 0 Å². The average molecular weight is 189 g/mol. The van der Waals surface area contributed by atoms with Crippen LogP contribution in [0.2, 0.25) is 0 Å². The Bertz CT molecular complexity index is 136. The predicted molar refractivity (Wildman–Crippen MR) is 56.4 cm³/mol. The molecule has 0 saturated carbocycles. The summed E-state index contributed by atoms with van der Waals surface area (Å²) in [4.78, 5) is 1.06. The quantitative estimate of drug-likeness (QED) is 0.669. The zero-order chi connectivity index (χ0) is 8.10. The minimum Gasteiger partial charge on any atom is -0.376 e. The minimum atomic E-state index is 0.639. The lowest BCUT2D eigenvalue weighted by molar-refractivity contribution is 0.608. The first kappa shape index (κ1) is 9.33. The fourth-order valence-corrected chi connectivity index (χ4v) is 2.68. The van der Waals surface area contributed by atoms with Gasteiger partial charge in [0.15, 0.2) is 0 Å². The van der Waals surface area contributed by atoms with Gasteiger partial charge in [-0.25, -0.2) is 0 Å². The summed E-state index contributed by atoms with van der Waals surface area (Å²) < 4.78 is 0. The monoisotopic (exact) mass is 189 g/mol. The zero-order valence-corrected chi connectivity index (χ0v) is 8.56. The van der Waals surface area contributed by atoms with Crippen molar-refractivity contribution in [1.82, 2.24) is 5.32 Å². The summed E-state index contributed by atoms with van der Waals surface area (Å²) >= 11 is 7.18. The molecular weight excluding hydrogens is 174 g/mol. The van der Waals surface area contributed by atoms with Gasteiger partial charge in [-0.2, -0.15) is 11.8 Å². The Hall–Kier alpha value is 0.240. The van der Waals surface area contributed by atoms with Gasteiger partial charge in [0.25, 0.3) is 0 Å². The highest BCUT2D eigenvalue weighted by Crippen LogP contribution is 2.13. The summed E-state index contributed by atoms with van der Waals surface area (Å²) in [6.07, 6.45) is 3.58. The van der Waals surface area contributed by atoms with Gasteiger partial charge in [-0.15, -0.1) is 0 Å². The van der Waals surface area contributed by atoms with E-state index >= 15 is 0 Å². The largest absolute Gasteiger partial charge is 0.376 e. The molecule has 1 atom stereocenters. The molecule has 0 radical (unpaired) electrons. The number of hydrogen-bond acceptors (Lipinski definition) is 2. The van der Waals surface area contributed by atoms with Gasteiger partial charge in [-0.05, 0) is 12.2 Å². The number of nitrogens with one attached hydrogen (secondary N) is 1. The molecule has 3 heteroatoms. The fourth-order valence-electron chi connectivity index (χ4n) is 1.24. The van der Waals surface area contributed by atoms with Crippen LogP contribution in [0, 0.1) is 0 Å². The summed E-state index contributed by atoms with van der Waals surface area (Å²) in [5.41, 5.74) is 0. The first-order chi connectivity index (χ1) is 5.33. The van der Waals surface area contributed by atoms with E-state index in [0.717, 1.165) is 11.4 Å². The molecule has 1 heterocycles. The van der Waals surface area contributed by atoms with E-state index in [1.807, 2.05) is 11.8 Å². The highest BCUT2D eigenvalue weighted by atomic mass is 32.2. The third kappa shape index (κ3) is 3.43. The fraction of sp³-hybridized carbons (Fsp3) is 0.875. The molecule has 0 unspecified atom stereocenters. The van der Waals surface area contributed by atoms with Gasteiger partial charge in [-0.3, -0.25) is 0 Å². The minimum absolute atomic E-state index is 0.639. The Balaban J connectivity index is 2.33. The molecular formula is C8H15NS2. The predicted octanol–water partition coefficient (Wildman–Crippen LogP) is 2.21. The van der Waals surface area contributed by atoms with Crippen molar-refractivity contribution in [3.05, 3.63) is 0 Å². The second kappa shape index (κ2) is 4.99. The van der Waals surface area contributed by atoms with Crippen molar-refractivity contribution >= 4 is 29.0 Å². The SMILES string of the molecule is CCC[C@@H]1CSCCC(=S)N1. The molecule has 1 nitrogen and oxygen atoms in total. The Labute approximate surface area is 78.3 Å². The van der Waals surface area contributed by atoms with Gasteiger partial charge in [0.05, 0.1) is 4.99 Å². The van der Waals surface area contributed by atoms with Crippen molar-refractivity contribution in [3.8, 4) is 0 Å². The molecule has 0 aromatic carbocycles. The van der Waals surface area contributed by atoms with Crippen LogP contribution in [0.1, 0.15) is 26.2 Å². The van der Waals surface area contributed by atoms with E-state index in [1.165, 1.54) is 24.3 Å². The second-order valence-electron chi connectivity index (χ2n) is 2.88. The molecule has 1 aliphatic rings. The Kier molecular flexibility index (Phi) is 4.23. The van der Waals surface area contributed by atoms with Crippen molar-refractivity contribution in [2.45, 2.75) is 32.2 Å². The zero-order valence-electron chi connectivity index (χ0n) is 6.93. The van der Waals surface area contributed by atoms with E-state index in [2.05, 4.69) is 12.2 Å². The van der Waals surface area contributed by atoms with E-state index in [4.69, 9.17) is 12.2 Å². The van der Waals surface area contributed by atoms with Crippen LogP contribution in [0.25, 0.3) is 0 Å². The van der Waals surface area contributed by atoms with Crippen molar-refractivity contribution < 1.29 is 0 Å². The number of hydrogen-bond donors (Lipinski definition) is 1. The summed E-state index contributed by atoms with van der Waals surface area (Å²) in [5, 5.41) is 3.39. The summed E-state index contributed by atoms with van der Waals surface area (Å²) in [6, 6.07) is 0.639. The highest BCUT2D eigenvalue weighted by Gasteiger charge is 2.12. The summed E-state index contributed by atoms with van der Waals surface area (Å²) in [5.74, 6) is 2.43. The molecule has 1 saturated heterocycles. The van der Waals surface area contributed by atoms with Crippen molar-refractivity contribution in [3.63, 3.8) is 0 Å². The number of thiocarbonyl (C=S) groups is 1. The van der Waals surface area contributed by atoms with Gasteiger partial charge < -0.3 is 5.32 Å². The lowest BCUT2D eigenvalue weighted by atomic mass is 10.2. The highest BCUT2D eigenvalue weighted by molar-refractivity contribution is 7.99. The van der Waals surface area contributed by atoms with Crippen molar-refractivity contribution in [2.24, 2.45) is 0 Å². The molecule has 0 spiro atoms. The van der Waals surface area contributed by atoms with Crippen LogP contribution < -0.4 is 5.32 Å². The maximum absolute atomic E-state index is 5.16. The number of thioether (sulfide) groups is 1. The second-order valence-corrected chi connectivity index (χ2v) is 4.52. The molecule has 1 rings (SSSR count). The molecule has 0 bridgehead atoms. The third-order valence-corrected chi connectivity index (χ3v) is 3.25. The van der Waals surface area contributed by atoms with E-state index in [-0.39, 0.29) is 0 Å². The van der Waals surface area contributed by atoms with Crippen LogP contribution in [0.15, 0.2) is 0 Å². The van der Waals surface area contributed by atoms with Crippen LogP contribution in [0.5, 0.6) is 0 Å². The van der Waals surface area contributed by atoms with Gasteiger partial charge in [0.2, 0.25) is 0 Å². The van der Waals surface area contributed by atoms with Gasteiger partial charge in [-0.1, -0.05) is 25.6 Å². The first-order valence-electron chi connectivity index (χ1n) is 4.20. The molecule has 64 valence electrons. The molecule has 0 amide bonds.